The van der Waals surface area contributed by atoms with Gasteiger partial charge in [-0.3, -0.25) is 14.9 Å². The lowest BCUT2D eigenvalue weighted by Crippen LogP contribution is -2.22. The average Bonchev–Trinajstić information content (AvgIpc) is 2.91. The molecule has 1 amide bonds. The summed E-state index contributed by atoms with van der Waals surface area (Å²) in [6, 6.07) is 4.31. The Kier molecular flexibility index (Phi) is 4.19. The highest BCUT2D eigenvalue weighted by molar-refractivity contribution is 5.94. The molecular formula is C13H17N3O4. The number of nitro benzene ring substituents is 1. The SMILES string of the molecule is CN(C)C(=O)c1ccc(OC2CCNC2)c([N+](=O)[O-])c1. The summed E-state index contributed by atoms with van der Waals surface area (Å²) in [4.78, 5) is 23.8. The number of nitrogens with one attached hydrogen (secondary N) is 1. The first-order chi connectivity index (χ1) is 9.49. The van der Waals surface area contributed by atoms with E-state index in [4.69, 9.17) is 4.74 Å². The van der Waals surface area contributed by atoms with Gasteiger partial charge in [0, 0.05) is 32.3 Å². The second-order valence-corrected chi connectivity index (χ2v) is 4.87. The van der Waals surface area contributed by atoms with Crippen LogP contribution in [-0.4, -0.2) is 49.0 Å². The molecule has 0 saturated carbocycles. The molecule has 0 bridgehead atoms. The third kappa shape index (κ3) is 3.05. The molecule has 7 heteroatoms. The minimum atomic E-state index is -0.524. The van der Waals surface area contributed by atoms with E-state index >= 15 is 0 Å². The quantitative estimate of drug-likeness (QED) is 0.657. The van der Waals surface area contributed by atoms with Gasteiger partial charge in [0.05, 0.1) is 4.92 Å². The van der Waals surface area contributed by atoms with E-state index in [2.05, 4.69) is 5.32 Å². The van der Waals surface area contributed by atoms with Gasteiger partial charge in [-0.1, -0.05) is 0 Å². The summed E-state index contributed by atoms with van der Waals surface area (Å²) in [7, 11) is 3.20. The van der Waals surface area contributed by atoms with Gasteiger partial charge < -0.3 is 15.0 Å². The fraction of sp³-hybridized carbons (Fsp3) is 0.462. The van der Waals surface area contributed by atoms with E-state index in [1.165, 1.54) is 17.0 Å². The maximum atomic E-state index is 11.8. The molecule has 1 aromatic carbocycles. The van der Waals surface area contributed by atoms with E-state index < -0.39 is 4.92 Å². The van der Waals surface area contributed by atoms with Crippen LogP contribution >= 0.6 is 0 Å². The van der Waals surface area contributed by atoms with Crippen molar-refractivity contribution in [1.82, 2.24) is 10.2 Å². The molecule has 0 aromatic heterocycles. The Bertz CT molecular complexity index is 524. The van der Waals surface area contributed by atoms with Gasteiger partial charge in [0.1, 0.15) is 6.10 Å². The number of carbonyl (C=O) groups excluding carboxylic acids is 1. The smallest absolute Gasteiger partial charge is 0.311 e. The second kappa shape index (κ2) is 5.87. The van der Waals surface area contributed by atoms with Crippen molar-refractivity contribution in [1.29, 1.82) is 0 Å². The van der Waals surface area contributed by atoms with Crippen molar-refractivity contribution in [3.05, 3.63) is 33.9 Å². The van der Waals surface area contributed by atoms with Gasteiger partial charge in [0.15, 0.2) is 5.75 Å². The summed E-state index contributed by atoms with van der Waals surface area (Å²) < 4.78 is 5.63. The topological polar surface area (TPSA) is 84.7 Å². The molecule has 0 aliphatic carbocycles. The van der Waals surface area contributed by atoms with Crippen LogP contribution in [0.4, 0.5) is 5.69 Å². The molecule has 1 aromatic rings. The van der Waals surface area contributed by atoms with Crippen molar-refractivity contribution in [2.45, 2.75) is 12.5 Å². The van der Waals surface area contributed by atoms with Crippen LogP contribution in [0.3, 0.4) is 0 Å². The Morgan fingerprint density at radius 1 is 1.50 bits per heavy atom. The van der Waals surface area contributed by atoms with E-state index in [1.54, 1.807) is 20.2 Å². The molecule has 1 unspecified atom stereocenters. The predicted octanol–water partition coefficient (Wildman–Crippen LogP) is 1.04. The number of hydrogen-bond acceptors (Lipinski definition) is 5. The number of nitrogens with zero attached hydrogens (tertiary/aromatic N) is 2. The maximum Gasteiger partial charge on any atom is 0.311 e. The lowest BCUT2D eigenvalue weighted by Gasteiger charge is -2.14. The first-order valence-corrected chi connectivity index (χ1v) is 6.36. The highest BCUT2D eigenvalue weighted by Gasteiger charge is 2.23. The predicted molar refractivity (Wildman–Crippen MR) is 73.0 cm³/mol. The van der Waals surface area contributed by atoms with Crippen molar-refractivity contribution in [3.8, 4) is 5.75 Å². The van der Waals surface area contributed by atoms with Crippen LogP contribution < -0.4 is 10.1 Å². The van der Waals surface area contributed by atoms with Gasteiger partial charge in [-0.2, -0.15) is 0 Å². The van der Waals surface area contributed by atoms with Gasteiger partial charge in [-0.25, -0.2) is 0 Å². The molecule has 1 aliphatic heterocycles. The Morgan fingerprint density at radius 2 is 2.25 bits per heavy atom. The van der Waals surface area contributed by atoms with Gasteiger partial charge in [-0.05, 0) is 25.1 Å². The molecule has 0 spiro atoms. The van der Waals surface area contributed by atoms with E-state index in [9.17, 15) is 14.9 Å². The molecule has 1 atom stereocenters. The average molecular weight is 279 g/mol. The minimum Gasteiger partial charge on any atom is -0.482 e. The van der Waals surface area contributed by atoms with E-state index in [-0.39, 0.29) is 29.0 Å². The van der Waals surface area contributed by atoms with E-state index in [0.717, 1.165) is 13.0 Å². The van der Waals surface area contributed by atoms with Gasteiger partial charge in [0.25, 0.3) is 5.91 Å². The van der Waals surface area contributed by atoms with E-state index in [0.29, 0.717) is 6.54 Å². The largest absolute Gasteiger partial charge is 0.482 e. The van der Waals surface area contributed by atoms with Crippen LogP contribution in [0.2, 0.25) is 0 Å². The van der Waals surface area contributed by atoms with Gasteiger partial charge in [-0.15, -0.1) is 0 Å². The molecule has 1 heterocycles. The molecule has 1 aliphatic rings. The lowest BCUT2D eigenvalue weighted by atomic mass is 10.1. The monoisotopic (exact) mass is 279 g/mol. The van der Waals surface area contributed by atoms with Crippen LogP contribution in [-0.2, 0) is 0 Å². The molecule has 2 rings (SSSR count). The standard InChI is InChI=1S/C13H17N3O4/c1-15(2)13(17)9-3-4-12(11(7-9)16(18)19)20-10-5-6-14-8-10/h3-4,7,10,14H,5-6,8H2,1-2H3. The number of ether oxygens (including phenoxy) is 1. The zero-order valence-electron chi connectivity index (χ0n) is 11.5. The van der Waals surface area contributed by atoms with E-state index in [1.807, 2.05) is 0 Å². The van der Waals surface area contributed by atoms with Crippen molar-refractivity contribution in [3.63, 3.8) is 0 Å². The molecule has 1 N–H and O–H groups in total. The van der Waals surface area contributed by atoms with Crippen LogP contribution in [0.5, 0.6) is 5.75 Å². The summed E-state index contributed by atoms with van der Waals surface area (Å²) >= 11 is 0. The summed E-state index contributed by atoms with van der Waals surface area (Å²) in [5.41, 5.74) is 0.100. The molecular weight excluding hydrogens is 262 g/mol. The number of carbonyl (C=O) groups is 1. The molecule has 1 saturated heterocycles. The third-order valence-corrected chi connectivity index (χ3v) is 3.12. The second-order valence-electron chi connectivity index (χ2n) is 4.87. The molecule has 108 valence electrons. The summed E-state index contributed by atoms with van der Waals surface area (Å²) in [5.74, 6) is -0.0683. The minimum absolute atomic E-state index is 0.0656. The van der Waals surface area contributed by atoms with Crippen LogP contribution in [0.1, 0.15) is 16.8 Å². The number of benzene rings is 1. The fourth-order valence-electron chi connectivity index (χ4n) is 2.06. The summed E-state index contributed by atoms with van der Waals surface area (Å²) in [6.45, 7) is 1.52. The Morgan fingerprint density at radius 3 is 2.80 bits per heavy atom. The Labute approximate surface area is 116 Å². The van der Waals surface area contributed by atoms with Crippen molar-refractivity contribution in [2.75, 3.05) is 27.2 Å². The van der Waals surface area contributed by atoms with Gasteiger partial charge >= 0.3 is 5.69 Å². The number of hydrogen-bond donors (Lipinski definition) is 1. The first-order valence-electron chi connectivity index (χ1n) is 6.36. The number of nitro groups is 1. The lowest BCUT2D eigenvalue weighted by molar-refractivity contribution is -0.386. The molecule has 7 nitrogen and oxygen atoms in total. The summed E-state index contributed by atoms with van der Waals surface area (Å²) in [5, 5.41) is 14.3. The van der Waals surface area contributed by atoms with Crippen LogP contribution in [0.25, 0.3) is 0 Å². The normalized spacial score (nSPS) is 17.8. The summed E-state index contributed by atoms with van der Waals surface area (Å²) in [6.07, 6.45) is 0.749. The van der Waals surface area contributed by atoms with Gasteiger partial charge in [0.2, 0.25) is 0 Å². The third-order valence-electron chi connectivity index (χ3n) is 3.12. The van der Waals surface area contributed by atoms with Crippen molar-refractivity contribution < 1.29 is 14.5 Å². The molecule has 0 radical (unpaired) electrons. The maximum absolute atomic E-state index is 11.8. The van der Waals surface area contributed by atoms with Crippen LogP contribution in [0.15, 0.2) is 18.2 Å². The Hall–Kier alpha value is -2.15. The Balaban J connectivity index is 2.28. The number of rotatable bonds is 4. The fourth-order valence-corrected chi connectivity index (χ4v) is 2.06. The molecule has 20 heavy (non-hydrogen) atoms. The zero-order chi connectivity index (χ0) is 14.7. The first kappa shape index (κ1) is 14.3. The van der Waals surface area contributed by atoms with Crippen molar-refractivity contribution in [2.24, 2.45) is 0 Å². The molecule has 1 fully saturated rings. The highest BCUT2D eigenvalue weighted by Crippen LogP contribution is 2.30. The number of amides is 1. The zero-order valence-corrected chi connectivity index (χ0v) is 11.5. The van der Waals surface area contributed by atoms with Crippen molar-refractivity contribution >= 4 is 11.6 Å². The highest BCUT2D eigenvalue weighted by atomic mass is 16.6. The van der Waals surface area contributed by atoms with Crippen LogP contribution in [0, 0.1) is 10.1 Å².